The molecule has 1 rings (SSSR count). The smallest absolute Gasteiger partial charge is 0.242 e. The summed E-state index contributed by atoms with van der Waals surface area (Å²) in [5.74, 6) is -0.514. The van der Waals surface area contributed by atoms with Crippen LogP contribution < -0.4 is 10.5 Å². The molecule has 110 valence electrons. The normalized spacial score (nSPS) is 13.2. The average molecular weight is 299 g/mol. The number of benzene rings is 1. The maximum absolute atomic E-state index is 13.4. The van der Waals surface area contributed by atoms with E-state index in [4.69, 9.17) is 11.0 Å². The molecule has 0 saturated heterocycles. The van der Waals surface area contributed by atoms with Gasteiger partial charge in [-0.1, -0.05) is 19.9 Å². The zero-order valence-electron chi connectivity index (χ0n) is 11.4. The van der Waals surface area contributed by atoms with Gasteiger partial charge in [-0.2, -0.15) is 5.26 Å². The number of nitriles is 1. The Bertz CT molecular complexity index is 609. The third-order valence-electron chi connectivity index (χ3n) is 2.69. The Labute approximate surface area is 118 Å². The van der Waals surface area contributed by atoms with Crippen LogP contribution >= 0.6 is 0 Å². The van der Waals surface area contributed by atoms with E-state index in [1.54, 1.807) is 6.07 Å². The van der Waals surface area contributed by atoms with Gasteiger partial charge in [0.1, 0.15) is 22.3 Å². The third kappa shape index (κ3) is 4.27. The minimum absolute atomic E-state index is 0.0435. The highest BCUT2D eigenvalue weighted by Gasteiger charge is 2.21. The fourth-order valence-corrected chi connectivity index (χ4v) is 3.08. The highest BCUT2D eigenvalue weighted by atomic mass is 32.2. The molecule has 0 radical (unpaired) electrons. The molecule has 5 nitrogen and oxygen atoms in total. The summed E-state index contributed by atoms with van der Waals surface area (Å²) in [6, 6.07) is 4.72. The van der Waals surface area contributed by atoms with Gasteiger partial charge in [0, 0.05) is 12.6 Å². The average Bonchev–Trinajstić information content (AvgIpc) is 2.35. The lowest BCUT2D eigenvalue weighted by Crippen LogP contribution is -2.38. The molecule has 0 amide bonds. The largest absolute Gasteiger partial charge is 0.327 e. The number of sulfonamides is 1. The molecule has 0 bridgehead atoms. The van der Waals surface area contributed by atoms with Crippen LogP contribution in [0.2, 0.25) is 0 Å². The van der Waals surface area contributed by atoms with E-state index in [1.807, 2.05) is 13.8 Å². The van der Waals surface area contributed by atoms with Gasteiger partial charge in [0.05, 0.1) is 0 Å². The van der Waals surface area contributed by atoms with E-state index < -0.39 is 21.4 Å². The number of nitrogens with one attached hydrogen (secondary N) is 1. The maximum Gasteiger partial charge on any atom is 0.242 e. The molecule has 1 aromatic rings. The van der Waals surface area contributed by atoms with Crippen molar-refractivity contribution in [2.45, 2.75) is 31.2 Å². The van der Waals surface area contributed by atoms with Crippen molar-refractivity contribution < 1.29 is 12.8 Å². The predicted octanol–water partition coefficient (Wildman–Crippen LogP) is 1.35. The van der Waals surface area contributed by atoms with Crippen LogP contribution in [-0.2, 0) is 10.0 Å². The highest BCUT2D eigenvalue weighted by Crippen LogP contribution is 2.17. The summed E-state index contributed by atoms with van der Waals surface area (Å²) in [4.78, 5) is -0.364. The lowest BCUT2D eigenvalue weighted by molar-refractivity contribution is 0.485. The number of hydrogen-bond donors (Lipinski definition) is 2. The minimum atomic E-state index is -3.95. The summed E-state index contributed by atoms with van der Waals surface area (Å²) in [5, 5.41) is 8.85. The lowest BCUT2D eigenvalue weighted by atomic mass is 10.1. The van der Waals surface area contributed by atoms with Crippen LogP contribution in [0.1, 0.15) is 25.8 Å². The first-order chi connectivity index (χ1) is 9.27. The molecule has 0 saturated carbocycles. The van der Waals surface area contributed by atoms with Gasteiger partial charge in [0.15, 0.2) is 0 Å². The topological polar surface area (TPSA) is 96.0 Å². The van der Waals surface area contributed by atoms with E-state index in [0.717, 1.165) is 6.07 Å². The maximum atomic E-state index is 13.4. The molecule has 7 heteroatoms. The molecule has 0 spiro atoms. The number of nitrogens with two attached hydrogens (primary N) is 1. The van der Waals surface area contributed by atoms with Crippen molar-refractivity contribution in [3.63, 3.8) is 0 Å². The van der Waals surface area contributed by atoms with Gasteiger partial charge in [0.25, 0.3) is 0 Å². The van der Waals surface area contributed by atoms with Gasteiger partial charge < -0.3 is 5.73 Å². The summed E-state index contributed by atoms with van der Waals surface area (Å²) in [6.07, 6.45) is 0.663. The first kappa shape index (κ1) is 16.6. The van der Waals surface area contributed by atoms with Gasteiger partial charge in [-0.25, -0.2) is 17.5 Å². The highest BCUT2D eigenvalue weighted by molar-refractivity contribution is 7.89. The van der Waals surface area contributed by atoms with Gasteiger partial charge >= 0.3 is 0 Å². The summed E-state index contributed by atoms with van der Waals surface area (Å²) in [7, 11) is -3.95. The minimum Gasteiger partial charge on any atom is -0.327 e. The molecule has 1 unspecified atom stereocenters. The first-order valence-electron chi connectivity index (χ1n) is 6.21. The van der Waals surface area contributed by atoms with Gasteiger partial charge in [-0.3, -0.25) is 0 Å². The zero-order chi connectivity index (χ0) is 15.3. The Balaban J connectivity index is 2.91. The van der Waals surface area contributed by atoms with Crippen molar-refractivity contribution in [3.8, 4) is 6.07 Å². The fraction of sp³-hybridized carbons (Fsp3) is 0.462. The zero-order valence-corrected chi connectivity index (χ0v) is 12.2. The monoisotopic (exact) mass is 299 g/mol. The van der Waals surface area contributed by atoms with Crippen LogP contribution in [0.15, 0.2) is 23.1 Å². The molecule has 0 aliphatic carbocycles. The van der Waals surface area contributed by atoms with Crippen molar-refractivity contribution >= 4 is 10.0 Å². The molecule has 0 aliphatic rings. The summed E-state index contributed by atoms with van der Waals surface area (Å²) >= 11 is 0. The molecule has 20 heavy (non-hydrogen) atoms. The van der Waals surface area contributed by atoms with Crippen LogP contribution in [0.25, 0.3) is 0 Å². The molecular weight excluding hydrogens is 281 g/mol. The van der Waals surface area contributed by atoms with Crippen LogP contribution in [0.4, 0.5) is 4.39 Å². The molecule has 0 aromatic heterocycles. The van der Waals surface area contributed by atoms with Crippen LogP contribution in [0, 0.1) is 23.1 Å². The molecule has 0 aliphatic heterocycles. The lowest BCUT2D eigenvalue weighted by Gasteiger charge is -2.15. The Hall–Kier alpha value is -1.49. The summed E-state index contributed by atoms with van der Waals surface area (Å²) in [6.45, 7) is 4.01. The Kier molecular flexibility index (Phi) is 5.62. The van der Waals surface area contributed by atoms with Crippen LogP contribution in [-0.4, -0.2) is 21.0 Å². The Morgan fingerprint density at radius 1 is 1.45 bits per heavy atom. The predicted molar refractivity (Wildman–Crippen MR) is 73.7 cm³/mol. The molecular formula is C13H18FN3O2S. The van der Waals surface area contributed by atoms with Crippen molar-refractivity contribution in [3.05, 3.63) is 29.6 Å². The van der Waals surface area contributed by atoms with Crippen molar-refractivity contribution in [1.82, 2.24) is 4.72 Å². The molecule has 1 atom stereocenters. The first-order valence-corrected chi connectivity index (χ1v) is 7.70. The van der Waals surface area contributed by atoms with Gasteiger partial charge in [-0.05, 0) is 24.5 Å². The second kappa shape index (κ2) is 6.79. The van der Waals surface area contributed by atoms with E-state index in [0.29, 0.717) is 12.3 Å². The second-order valence-electron chi connectivity index (χ2n) is 4.97. The third-order valence-corrected chi connectivity index (χ3v) is 4.15. The Morgan fingerprint density at radius 3 is 2.65 bits per heavy atom. The van der Waals surface area contributed by atoms with E-state index >= 15 is 0 Å². The Morgan fingerprint density at radius 2 is 2.10 bits per heavy atom. The van der Waals surface area contributed by atoms with Crippen LogP contribution in [0.5, 0.6) is 0 Å². The fourth-order valence-electron chi connectivity index (χ4n) is 1.82. The number of halogens is 1. The van der Waals surface area contributed by atoms with E-state index in [-0.39, 0.29) is 17.5 Å². The van der Waals surface area contributed by atoms with Crippen molar-refractivity contribution in [2.75, 3.05) is 6.54 Å². The van der Waals surface area contributed by atoms with E-state index in [9.17, 15) is 12.8 Å². The SMILES string of the molecule is CC(C)CC(N)CNS(=O)(=O)c1cccc(F)c1C#N. The van der Waals surface area contributed by atoms with E-state index in [1.165, 1.54) is 12.1 Å². The number of rotatable bonds is 6. The summed E-state index contributed by atoms with van der Waals surface area (Å²) < 4.78 is 39.9. The van der Waals surface area contributed by atoms with Crippen molar-refractivity contribution in [1.29, 1.82) is 5.26 Å². The van der Waals surface area contributed by atoms with Gasteiger partial charge in [-0.15, -0.1) is 0 Å². The van der Waals surface area contributed by atoms with Gasteiger partial charge in [0.2, 0.25) is 10.0 Å². The van der Waals surface area contributed by atoms with Crippen molar-refractivity contribution in [2.24, 2.45) is 11.7 Å². The molecule has 0 heterocycles. The van der Waals surface area contributed by atoms with E-state index in [2.05, 4.69) is 4.72 Å². The number of hydrogen-bond acceptors (Lipinski definition) is 4. The number of nitrogens with zero attached hydrogens (tertiary/aromatic N) is 1. The second-order valence-corrected chi connectivity index (χ2v) is 6.70. The molecule has 1 aromatic carbocycles. The van der Waals surface area contributed by atoms with Crippen LogP contribution in [0.3, 0.4) is 0 Å². The quantitative estimate of drug-likeness (QED) is 0.828. The molecule has 0 fully saturated rings. The molecule has 3 N–H and O–H groups in total. The summed E-state index contributed by atoms with van der Waals surface area (Å²) in [5.41, 5.74) is 5.31. The standard InChI is InChI=1S/C13H18FN3O2S/c1-9(2)6-10(16)8-17-20(18,19)13-5-3-4-12(14)11(13)7-15/h3-5,9-10,17H,6,8,16H2,1-2H3.